The van der Waals surface area contributed by atoms with Gasteiger partial charge in [0.25, 0.3) is 0 Å². The van der Waals surface area contributed by atoms with Crippen LogP contribution in [0.4, 0.5) is 0 Å². The lowest BCUT2D eigenvalue weighted by Gasteiger charge is -2.17. The number of rotatable bonds is 3. The van der Waals surface area contributed by atoms with Gasteiger partial charge in [0.1, 0.15) is 11.2 Å². The summed E-state index contributed by atoms with van der Waals surface area (Å²) < 4.78 is 5.46. The molecule has 90 valence electrons. The van der Waals surface area contributed by atoms with E-state index in [9.17, 15) is 9.90 Å². The summed E-state index contributed by atoms with van der Waals surface area (Å²) in [5, 5.41) is 10.8. The molecule has 1 heterocycles. The largest absolute Gasteiger partial charge is 0.453 e. The molecule has 0 aliphatic carbocycles. The average molecular weight is 232 g/mol. The van der Waals surface area contributed by atoms with Crippen LogP contribution in [-0.2, 0) is 0 Å². The lowest BCUT2D eigenvalue weighted by atomic mass is 9.96. The van der Waals surface area contributed by atoms with Crippen LogP contribution in [0.25, 0.3) is 11.0 Å². The van der Waals surface area contributed by atoms with Gasteiger partial charge in [0, 0.05) is 5.39 Å². The SMILES string of the molecule is CCC(C)(O)C(=O)c1cc2cc(C)ccc2o1. The molecule has 1 aromatic heterocycles. The molecule has 0 saturated carbocycles. The number of ketones is 1. The molecular formula is C14H16O3. The first-order valence-electron chi connectivity index (χ1n) is 5.71. The van der Waals surface area contributed by atoms with Crippen LogP contribution in [0, 0.1) is 6.92 Å². The molecule has 1 atom stereocenters. The smallest absolute Gasteiger partial charge is 0.229 e. The summed E-state index contributed by atoms with van der Waals surface area (Å²) in [6, 6.07) is 7.41. The number of Topliss-reactive ketones (excluding diaryl/α,β-unsaturated/α-hetero) is 1. The Morgan fingerprint density at radius 2 is 2.12 bits per heavy atom. The maximum atomic E-state index is 12.0. The van der Waals surface area contributed by atoms with E-state index in [1.807, 2.05) is 25.1 Å². The Hall–Kier alpha value is -1.61. The Morgan fingerprint density at radius 1 is 1.41 bits per heavy atom. The second-order valence-electron chi connectivity index (χ2n) is 4.61. The van der Waals surface area contributed by atoms with Crippen LogP contribution in [0.5, 0.6) is 0 Å². The number of benzene rings is 1. The Labute approximate surface area is 100 Å². The summed E-state index contributed by atoms with van der Waals surface area (Å²) in [6.07, 6.45) is 0.363. The topological polar surface area (TPSA) is 50.4 Å². The number of aliphatic hydroxyl groups is 1. The summed E-state index contributed by atoms with van der Waals surface area (Å²) in [7, 11) is 0. The second-order valence-corrected chi connectivity index (χ2v) is 4.61. The molecule has 0 radical (unpaired) electrons. The molecule has 0 bridgehead atoms. The van der Waals surface area contributed by atoms with Crippen LogP contribution in [-0.4, -0.2) is 16.5 Å². The maximum absolute atomic E-state index is 12.0. The molecule has 3 nitrogen and oxygen atoms in total. The number of aryl methyl sites for hydroxylation is 1. The van der Waals surface area contributed by atoms with Crippen molar-refractivity contribution in [3.63, 3.8) is 0 Å². The number of hydrogen-bond donors (Lipinski definition) is 1. The first-order valence-corrected chi connectivity index (χ1v) is 5.71. The van der Waals surface area contributed by atoms with Crippen LogP contribution in [0.3, 0.4) is 0 Å². The van der Waals surface area contributed by atoms with Crippen LogP contribution >= 0.6 is 0 Å². The highest BCUT2D eigenvalue weighted by Gasteiger charge is 2.31. The number of hydrogen-bond acceptors (Lipinski definition) is 3. The van der Waals surface area contributed by atoms with Gasteiger partial charge in [0.2, 0.25) is 5.78 Å². The molecule has 2 rings (SSSR count). The minimum Gasteiger partial charge on any atom is -0.453 e. The van der Waals surface area contributed by atoms with E-state index < -0.39 is 5.60 Å². The monoisotopic (exact) mass is 232 g/mol. The summed E-state index contributed by atoms with van der Waals surface area (Å²) in [6.45, 7) is 5.26. The molecule has 3 heteroatoms. The van der Waals surface area contributed by atoms with E-state index in [-0.39, 0.29) is 11.5 Å². The predicted molar refractivity (Wildman–Crippen MR) is 66.2 cm³/mol. The van der Waals surface area contributed by atoms with E-state index in [1.165, 1.54) is 6.92 Å². The van der Waals surface area contributed by atoms with Crippen LogP contribution in [0.2, 0.25) is 0 Å². The van der Waals surface area contributed by atoms with Crippen LogP contribution in [0.1, 0.15) is 36.4 Å². The van der Waals surface area contributed by atoms with Gasteiger partial charge < -0.3 is 9.52 Å². The number of fused-ring (bicyclic) bond motifs is 1. The Morgan fingerprint density at radius 3 is 2.76 bits per heavy atom. The first kappa shape index (κ1) is 11.9. The molecule has 1 aromatic carbocycles. The molecule has 1 N–H and O–H groups in total. The zero-order chi connectivity index (χ0) is 12.6. The van der Waals surface area contributed by atoms with Crippen molar-refractivity contribution in [2.24, 2.45) is 0 Å². The van der Waals surface area contributed by atoms with E-state index in [2.05, 4.69) is 0 Å². The molecule has 17 heavy (non-hydrogen) atoms. The third-order valence-corrected chi connectivity index (χ3v) is 3.07. The van der Waals surface area contributed by atoms with Gasteiger partial charge in [-0.15, -0.1) is 0 Å². The highest BCUT2D eigenvalue weighted by molar-refractivity contribution is 6.02. The van der Waals surface area contributed by atoms with Crippen LogP contribution < -0.4 is 0 Å². The summed E-state index contributed by atoms with van der Waals surface area (Å²) in [5.74, 6) is -0.147. The van der Waals surface area contributed by atoms with E-state index >= 15 is 0 Å². The highest BCUT2D eigenvalue weighted by atomic mass is 16.4. The standard InChI is InChI=1S/C14H16O3/c1-4-14(3,16)13(15)12-8-10-7-9(2)5-6-11(10)17-12/h5-8,16H,4H2,1-3H3. The molecule has 0 saturated heterocycles. The van der Waals surface area contributed by atoms with Gasteiger partial charge in [-0.25, -0.2) is 0 Å². The van der Waals surface area contributed by atoms with Crippen molar-refractivity contribution in [3.05, 3.63) is 35.6 Å². The van der Waals surface area contributed by atoms with Gasteiger partial charge in [0.15, 0.2) is 5.76 Å². The molecule has 0 spiro atoms. The van der Waals surface area contributed by atoms with Gasteiger partial charge in [0.05, 0.1) is 0 Å². The van der Waals surface area contributed by atoms with E-state index in [0.29, 0.717) is 12.0 Å². The van der Waals surface area contributed by atoms with Gasteiger partial charge in [-0.2, -0.15) is 0 Å². The van der Waals surface area contributed by atoms with Crippen molar-refractivity contribution in [1.82, 2.24) is 0 Å². The van der Waals surface area contributed by atoms with Crippen molar-refractivity contribution in [1.29, 1.82) is 0 Å². The second kappa shape index (κ2) is 4.00. The fraction of sp³-hybridized carbons (Fsp3) is 0.357. The van der Waals surface area contributed by atoms with E-state index in [1.54, 1.807) is 13.0 Å². The molecule has 0 aliphatic heterocycles. The lowest BCUT2D eigenvalue weighted by Crippen LogP contribution is -2.33. The number of carbonyl (C=O) groups is 1. The summed E-state index contributed by atoms with van der Waals surface area (Å²) in [5.41, 5.74) is 0.425. The first-order chi connectivity index (χ1) is 7.94. The third-order valence-electron chi connectivity index (χ3n) is 3.07. The zero-order valence-electron chi connectivity index (χ0n) is 10.3. The van der Waals surface area contributed by atoms with Gasteiger partial charge >= 0.3 is 0 Å². The molecule has 0 aliphatic rings. The predicted octanol–water partition coefficient (Wildman–Crippen LogP) is 3.08. The highest BCUT2D eigenvalue weighted by Crippen LogP contribution is 2.24. The van der Waals surface area contributed by atoms with Crippen molar-refractivity contribution in [3.8, 4) is 0 Å². The van der Waals surface area contributed by atoms with Gasteiger partial charge in [-0.1, -0.05) is 18.6 Å². The summed E-state index contributed by atoms with van der Waals surface area (Å²) in [4.78, 5) is 12.0. The molecule has 0 amide bonds. The molecule has 2 aromatic rings. The van der Waals surface area contributed by atoms with Crippen molar-refractivity contribution >= 4 is 16.8 Å². The van der Waals surface area contributed by atoms with E-state index in [0.717, 1.165) is 10.9 Å². The fourth-order valence-electron chi connectivity index (χ4n) is 1.70. The Kier molecular flexibility index (Phi) is 2.79. The third kappa shape index (κ3) is 2.11. The van der Waals surface area contributed by atoms with Crippen molar-refractivity contribution in [2.75, 3.05) is 0 Å². The minimum absolute atomic E-state index is 0.220. The van der Waals surface area contributed by atoms with Crippen LogP contribution in [0.15, 0.2) is 28.7 Å². The summed E-state index contributed by atoms with van der Waals surface area (Å²) >= 11 is 0. The quantitative estimate of drug-likeness (QED) is 0.827. The zero-order valence-corrected chi connectivity index (χ0v) is 10.3. The maximum Gasteiger partial charge on any atom is 0.229 e. The lowest BCUT2D eigenvalue weighted by molar-refractivity contribution is 0.0365. The minimum atomic E-state index is -1.36. The van der Waals surface area contributed by atoms with E-state index in [4.69, 9.17) is 4.42 Å². The number of carbonyl (C=O) groups excluding carboxylic acids is 1. The molecule has 1 unspecified atom stereocenters. The molecular weight excluding hydrogens is 216 g/mol. The Balaban J connectivity index is 2.47. The Bertz CT molecular complexity index is 564. The number of furan rings is 1. The normalized spacial score (nSPS) is 14.8. The van der Waals surface area contributed by atoms with Crippen molar-refractivity contribution < 1.29 is 14.3 Å². The van der Waals surface area contributed by atoms with Gasteiger partial charge in [-0.05, 0) is 38.5 Å². The molecule has 0 fully saturated rings. The van der Waals surface area contributed by atoms with Crippen molar-refractivity contribution in [2.45, 2.75) is 32.8 Å². The van der Waals surface area contributed by atoms with Gasteiger partial charge in [-0.3, -0.25) is 4.79 Å². The average Bonchev–Trinajstić information content (AvgIpc) is 2.70. The fourth-order valence-corrected chi connectivity index (χ4v) is 1.70.